The Morgan fingerprint density at radius 3 is 2.64 bits per heavy atom. The molecule has 5 heterocycles. The van der Waals surface area contributed by atoms with E-state index in [1.807, 2.05) is 12.3 Å². The summed E-state index contributed by atoms with van der Waals surface area (Å²) in [5.74, 6) is 1.59. The van der Waals surface area contributed by atoms with Crippen molar-refractivity contribution in [2.45, 2.75) is 6.92 Å². The number of hydrogen-bond donors (Lipinski definition) is 1. The number of piperazine rings is 1. The number of morpholine rings is 1. The largest absolute Gasteiger partial charge is 0.378 e. The average molecular weight is 462 g/mol. The van der Waals surface area contributed by atoms with Crippen LogP contribution in [-0.2, 0) is 4.74 Å². The van der Waals surface area contributed by atoms with E-state index in [0.29, 0.717) is 5.95 Å². The van der Waals surface area contributed by atoms with Crippen LogP contribution in [0.25, 0.3) is 27.4 Å². The van der Waals surface area contributed by atoms with Crippen molar-refractivity contribution in [3.05, 3.63) is 48.2 Å². The van der Waals surface area contributed by atoms with Gasteiger partial charge < -0.3 is 19.9 Å². The molecule has 2 fully saturated rings. The molecule has 1 N–H and O–H groups in total. The van der Waals surface area contributed by atoms with Gasteiger partial charge in [-0.25, -0.2) is 9.67 Å². The maximum atomic E-state index is 5.60. The van der Waals surface area contributed by atoms with E-state index in [0.717, 1.165) is 79.8 Å². The molecule has 0 aliphatic carbocycles. The highest BCUT2D eigenvalue weighted by Gasteiger charge is 2.22. The second kappa shape index (κ2) is 8.74. The molecule has 0 radical (unpaired) electrons. The number of aromatic nitrogens is 4. The summed E-state index contributed by atoms with van der Waals surface area (Å²) < 4.78 is 8.53. The molecular formula is C24H27N7OS. The monoisotopic (exact) mass is 461 g/mol. The number of thiophene rings is 1. The molecule has 1 aromatic carbocycles. The Kier molecular flexibility index (Phi) is 5.45. The van der Waals surface area contributed by atoms with Crippen molar-refractivity contribution < 1.29 is 4.74 Å². The van der Waals surface area contributed by atoms with Crippen molar-refractivity contribution in [3.8, 4) is 17.2 Å². The number of benzene rings is 1. The highest BCUT2D eigenvalue weighted by Crippen LogP contribution is 2.37. The minimum Gasteiger partial charge on any atom is -0.378 e. The first-order valence-corrected chi connectivity index (χ1v) is 12.3. The smallest absolute Gasteiger partial charge is 0.253 e. The van der Waals surface area contributed by atoms with Gasteiger partial charge in [-0.2, -0.15) is 10.1 Å². The average Bonchev–Trinajstić information content (AvgIpc) is 3.52. The summed E-state index contributed by atoms with van der Waals surface area (Å²) in [5, 5.41) is 9.50. The Morgan fingerprint density at radius 2 is 1.82 bits per heavy atom. The number of ether oxygens (including phenoxy) is 1. The van der Waals surface area contributed by atoms with E-state index < -0.39 is 0 Å². The first-order chi connectivity index (χ1) is 16.2. The van der Waals surface area contributed by atoms with Gasteiger partial charge in [0.05, 0.1) is 34.1 Å². The predicted octanol–water partition coefficient (Wildman–Crippen LogP) is 3.10. The highest BCUT2D eigenvalue weighted by atomic mass is 32.1. The van der Waals surface area contributed by atoms with Crippen molar-refractivity contribution in [3.63, 3.8) is 0 Å². The van der Waals surface area contributed by atoms with E-state index in [9.17, 15) is 0 Å². The summed E-state index contributed by atoms with van der Waals surface area (Å²) in [7, 11) is 0. The van der Waals surface area contributed by atoms with Crippen LogP contribution in [0.15, 0.2) is 42.6 Å². The zero-order valence-electron chi connectivity index (χ0n) is 18.7. The van der Waals surface area contributed by atoms with Crippen LogP contribution in [-0.4, -0.2) is 72.2 Å². The molecule has 33 heavy (non-hydrogen) atoms. The summed E-state index contributed by atoms with van der Waals surface area (Å²) >= 11 is 1.79. The van der Waals surface area contributed by atoms with Crippen molar-refractivity contribution in [2.24, 2.45) is 0 Å². The summed E-state index contributed by atoms with van der Waals surface area (Å²) in [6.45, 7) is 9.25. The molecule has 3 aromatic heterocycles. The minimum atomic E-state index is 0.604. The molecule has 0 unspecified atom stereocenters. The van der Waals surface area contributed by atoms with Gasteiger partial charge in [0, 0.05) is 51.0 Å². The second-order valence-corrected chi connectivity index (χ2v) is 9.53. The molecule has 8 nitrogen and oxygen atoms in total. The minimum absolute atomic E-state index is 0.604. The lowest BCUT2D eigenvalue weighted by molar-refractivity contribution is 0.122. The molecule has 0 spiro atoms. The zero-order valence-corrected chi connectivity index (χ0v) is 19.5. The Labute approximate surface area is 196 Å². The van der Waals surface area contributed by atoms with Crippen LogP contribution >= 0.6 is 11.3 Å². The number of anilines is 2. The van der Waals surface area contributed by atoms with Crippen LogP contribution in [0.1, 0.15) is 5.56 Å². The van der Waals surface area contributed by atoms with Gasteiger partial charge in [0.25, 0.3) is 5.95 Å². The molecule has 4 aromatic rings. The molecule has 2 aliphatic heterocycles. The Morgan fingerprint density at radius 1 is 0.970 bits per heavy atom. The maximum absolute atomic E-state index is 5.60. The number of nitrogens with one attached hydrogen (secondary N) is 1. The molecule has 0 saturated carbocycles. The van der Waals surface area contributed by atoms with Crippen molar-refractivity contribution >= 4 is 32.4 Å². The van der Waals surface area contributed by atoms with Crippen LogP contribution in [0.4, 0.5) is 10.8 Å². The first kappa shape index (κ1) is 20.6. The first-order valence-electron chi connectivity index (χ1n) is 11.5. The molecular weight excluding hydrogens is 434 g/mol. The van der Waals surface area contributed by atoms with E-state index in [1.54, 1.807) is 16.0 Å². The number of rotatable bonds is 4. The van der Waals surface area contributed by atoms with Gasteiger partial charge in [0.15, 0.2) is 5.82 Å². The lowest BCUT2D eigenvalue weighted by Gasteiger charge is -2.28. The van der Waals surface area contributed by atoms with Gasteiger partial charge in [0.1, 0.15) is 0 Å². The molecule has 170 valence electrons. The van der Waals surface area contributed by atoms with Crippen LogP contribution in [0.5, 0.6) is 0 Å². The topological polar surface area (TPSA) is 71.3 Å². The fraction of sp³-hybridized carbons (Fsp3) is 0.375. The molecule has 2 saturated heterocycles. The van der Waals surface area contributed by atoms with Gasteiger partial charge in [-0.3, -0.25) is 0 Å². The summed E-state index contributed by atoms with van der Waals surface area (Å²) in [6.07, 6.45) is 1.95. The molecule has 2 aliphatic rings. The SMILES string of the molecule is Cc1cccc(-c2ccn(-c3nc(N4CCOCC4)c4sc(N5CCNCC5)cc4n3)n2)c1. The lowest BCUT2D eigenvalue weighted by atomic mass is 10.1. The third-order valence-electron chi connectivity index (χ3n) is 6.18. The van der Waals surface area contributed by atoms with Gasteiger partial charge in [0.2, 0.25) is 0 Å². The standard InChI is InChI=1S/C24H27N7OS/c1-17-3-2-4-18(15-17)19-5-8-31(28-19)24-26-20-16-21(29-9-6-25-7-10-29)33-22(20)23(27-24)30-11-13-32-14-12-30/h2-5,8,15-16,25H,6-7,9-14H2,1H3. The Hall–Kier alpha value is -3.01. The molecule has 0 atom stereocenters. The zero-order chi connectivity index (χ0) is 22.2. The van der Waals surface area contributed by atoms with Crippen LogP contribution in [0.3, 0.4) is 0 Å². The number of hydrogen-bond acceptors (Lipinski definition) is 8. The Balaban J connectivity index is 1.42. The predicted molar refractivity (Wildman–Crippen MR) is 133 cm³/mol. The van der Waals surface area contributed by atoms with E-state index in [1.165, 1.54) is 10.6 Å². The Bertz CT molecular complexity index is 1270. The normalized spacial score (nSPS) is 17.1. The van der Waals surface area contributed by atoms with Gasteiger partial charge >= 0.3 is 0 Å². The fourth-order valence-electron chi connectivity index (χ4n) is 4.42. The number of nitrogens with zero attached hydrogens (tertiary/aromatic N) is 6. The van der Waals surface area contributed by atoms with Crippen molar-refractivity contribution in [1.29, 1.82) is 0 Å². The van der Waals surface area contributed by atoms with Crippen LogP contribution < -0.4 is 15.1 Å². The molecule has 9 heteroatoms. The van der Waals surface area contributed by atoms with Crippen LogP contribution in [0, 0.1) is 6.92 Å². The fourth-order valence-corrected chi connectivity index (χ4v) is 5.58. The van der Waals surface area contributed by atoms with E-state index in [-0.39, 0.29) is 0 Å². The summed E-state index contributed by atoms with van der Waals surface area (Å²) in [5.41, 5.74) is 4.21. The molecule has 0 bridgehead atoms. The summed E-state index contributed by atoms with van der Waals surface area (Å²) in [4.78, 5) is 14.7. The third-order valence-corrected chi connectivity index (χ3v) is 7.36. The van der Waals surface area contributed by atoms with E-state index in [4.69, 9.17) is 19.8 Å². The summed E-state index contributed by atoms with van der Waals surface area (Å²) in [6, 6.07) is 12.6. The number of aryl methyl sites for hydroxylation is 1. The number of fused-ring (bicyclic) bond motifs is 1. The quantitative estimate of drug-likeness (QED) is 0.501. The van der Waals surface area contributed by atoms with Crippen LogP contribution in [0.2, 0.25) is 0 Å². The lowest BCUT2D eigenvalue weighted by Crippen LogP contribution is -2.43. The molecule has 6 rings (SSSR count). The van der Waals surface area contributed by atoms with Gasteiger partial charge in [-0.05, 0) is 25.1 Å². The second-order valence-electron chi connectivity index (χ2n) is 8.50. The van der Waals surface area contributed by atoms with Gasteiger partial charge in [-0.15, -0.1) is 11.3 Å². The van der Waals surface area contributed by atoms with E-state index in [2.05, 4.69) is 52.4 Å². The maximum Gasteiger partial charge on any atom is 0.253 e. The van der Waals surface area contributed by atoms with Crippen molar-refractivity contribution in [1.82, 2.24) is 25.1 Å². The van der Waals surface area contributed by atoms with Gasteiger partial charge in [-0.1, -0.05) is 23.8 Å². The molecule has 0 amide bonds. The highest BCUT2D eigenvalue weighted by molar-refractivity contribution is 7.23. The van der Waals surface area contributed by atoms with Crippen molar-refractivity contribution in [2.75, 3.05) is 62.3 Å². The van der Waals surface area contributed by atoms with E-state index >= 15 is 0 Å². The third kappa shape index (κ3) is 4.07.